The van der Waals surface area contributed by atoms with Crippen molar-refractivity contribution in [2.75, 3.05) is 26.2 Å². The third kappa shape index (κ3) is 4.83. The van der Waals surface area contributed by atoms with Gasteiger partial charge in [0.2, 0.25) is 5.91 Å². The van der Waals surface area contributed by atoms with Crippen LogP contribution in [0.1, 0.15) is 83.8 Å². The Bertz CT molecular complexity index is 933. The molecule has 2 bridgehead atoms. The van der Waals surface area contributed by atoms with Crippen molar-refractivity contribution in [2.45, 2.75) is 103 Å². The number of fused-ring (bicyclic) bond motifs is 4. The first-order valence-electron chi connectivity index (χ1n) is 13.7. The average molecular weight is 482 g/mol. The Balaban J connectivity index is 1.28. The molecule has 3 fully saturated rings. The van der Waals surface area contributed by atoms with Crippen molar-refractivity contribution >= 4 is 12.0 Å². The molecule has 35 heavy (non-hydrogen) atoms. The first-order valence-corrected chi connectivity index (χ1v) is 13.7. The molecule has 0 aromatic heterocycles. The molecule has 1 aromatic rings. The molecule has 4 aliphatic heterocycles. The minimum Gasteiger partial charge on any atom is -0.450 e. The second-order valence-electron chi connectivity index (χ2n) is 12.6. The Kier molecular flexibility index (Phi) is 6.62. The highest BCUT2D eigenvalue weighted by molar-refractivity contribution is 5.77. The Morgan fingerprint density at radius 2 is 1.69 bits per heavy atom. The second kappa shape index (κ2) is 9.42. The van der Waals surface area contributed by atoms with Gasteiger partial charge in [0, 0.05) is 43.1 Å². The number of carbonyl (C=O) groups is 2. The molecule has 2 unspecified atom stereocenters. The summed E-state index contributed by atoms with van der Waals surface area (Å²) in [5.74, 6) is 0.289. The Hall–Kier alpha value is -2.08. The molecule has 4 heterocycles. The highest BCUT2D eigenvalue weighted by Gasteiger charge is 2.48. The van der Waals surface area contributed by atoms with Crippen LogP contribution in [-0.2, 0) is 21.5 Å². The minimum absolute atomic E-state index is 0.00232. The fraction of sp³-hybridized carbons (Fsp3) is 0.724. The summed E-state index contributed by atoms with van der Waals surface area (Å²) in [6.07, 6.45) is 7.01. The first kappa shape index (κ1) is 24.6. The molecule has 6 nitrogen and oxygen atoms in total. The van der Waals surface area contributed by atoms with Gasteiger partial charge in [0.15, 0.2) is 0 Å². The molecule has 0 radical (unpaired) electrons. The van der Waals surface area contributed by atoms with Crippen LogP contribution in [0.2, 0.25) is 0 Å². The third-order valence-corrected chi connectivity index (χ3v) is 8.94. The molecule has 1 spiro atoms. The van der Waals surface area contributed by atoms with E-state index in [0.717, 1.165) is 64.7 Å². The molecule has 3 saturated heterocycles. The molecule has 0 N–H and O–H groups in total. The maximum Gasteiger partial charge on any atom is 0.410 e. The van der Waals surface area contributed by atoms with Gasteiger partial charge >= 0.3 is 6.09 Å². The van der Waals surface area contributed by atoms with Crippen molar-refractivity contribution in [1.82, 2.24) is 14.7 Å². The van der Waals surface area contributed by atoms with Crippen LogP contribution in [0.3, 0.4) is 0 Å². The average Bonchev–Trinajstić information content (AvgIpc) is 3.08. The minimum atomic E-state index is -0.116. The van der Waals surface area contributed by atoms with E-state index in [-0.39, 0.29) is 22.8 Å². The molecule has 6 heteroatoms. The summed E-state index contributed by atoms with van der Waals surface area (Å²) in [5.41, 5.74) is 2.86. The van der Waals surface area contributed by atoms with Crippen molar-refractivity contribution in [3.05, 3.63) is 35.4 Å². The van der Waals surface area contributed by atoms with Gasteiger partial charge < -0.3 is 19.4 Å². The standard InChI is InChI=1S/C29H43N3O3/c1-5-35-27(34)32-22-10-11-23(32)17-24(16-22)30-14-12-29(13-15-30)20-31(26(33)18-28(2,3)4)19-21-8-6-7-9-25(21)29/h6-9,22-24H,5,10-20H2,1-4H3. The number of nitrogens with zero attached hydrogens (tertiary/aromatic N) is 3. The topological polar surface area (TPSA) is 53.1 Å². The normalized spacial score (nSPS) is 28.2. The largest absolute Gasteiger partial charge is 0.450 e. The van der Waals surface area contributed by atoms with Gasteiger partial charge in [-0.25, -0.2) is 4.79 Å². The summed E-state index contributed by atoms with van der Waals surface area (Å²) < 4.78 is 5.35. The predicted octanol–water partition coefficient (Wildman–Crippen LogP) is 4.95. The number of hydrogen-bond donors (Lipinski definition) is 0. The Morgan fingerprint density at radius 3 is 2.31 bits per heavy atom. The first-order chi connectivity index (χ1) is 16.7. The van der Waals surface area contributed by atoms with E-state index in [9.17, 15) is 9.59 Å². The third-order valence-electron chi connectivity index (χ3n) is 8.94. The summed E-state index contributed by atoms with van der Waals surface area (Å²) in [6, 6.07) is 10.0. The monoisotopic (exact) mass is 481 g/mol. The van der Waals surface area contributed by atoms with Crippen molar-refractivity contribution in [3.8, 4) is 0 Å². The summed E-state index contributed by atoms with van der Waals surface area (Å²) in [6.45, 7) is 12.5. The van der Waals surface area contributed by atoms with Crippen LogP contribution in [0, 0.1) is 5.41 Å². The lowest BCUT2D eigenvalue weighted by Crippen LogP contribution is -2.57. The molecule has 192 valence electrons. The summed E-state index contributed by atoms with van der Waals surface area (Å²) in [7, 11) is 0. The van der Waals surface area contributed by atoms with Gasteiger partial charge in [-0.3, -0.25) is 4.79 Å². The van der Waals surface area contributed by atoms with Crippen LogP contribution in [-0.4, -0.2) is 71.1 Å². The molecule has 2 atom stereocenters. The molecule has 4 aliphatic rings. The van der Waals surface area contributed by atoms with E-state index in [1.807, 2.05) is 11.8 Å². The van der Waals surface area contributed by atoms with Gasteiger partial charge in [-0.1, -0.05) is 45.0 Å². The fourth-order valence-electron chi connectivity index (χ4n) is 7.32. The maximum absolute atomic E-state index is 13.2. The fourth-order valence-corrected chi connectivity index (χ4v) is 7.32. The molecular weight excluding hydrogens is 438 g/mol. The Labute approximate surface area is 211 Å². The van der Waals surface area contributed by atoms with Gasteiger partial charge in [0.05, 0.1) is 6.61 Å². The number of rotatable bonds is 3. The molecule has 2 amide bonds. The highest BCUT2D eigenvalue weighted by atomic mass is 16.6. The van der Waals surface area contributed by atoms with E-state index in [1.165, 1.54) is 11.1 Å². The van der Waals surface area contributed by atoms with Gasteiger partial charge in [0.25, 0.3) is 0 Å². The number of carbonyl (C=O) groups excluding carboxylic acids is 2. The van der Waals surface area contributed by atoms with E-state index in [0.29, 0.717) is 31.2 Å². The van der Waals surface area contributed by atoms with Gasteiger partial charge in [-0.15, -0.1) is 0 Å². The summed E-state index contributed by atoms with van der Waals surface area (Å²) in [4.78, 5) is 32.6. The lowest BCUT2D eigenvalue weighted by atomic mass is 9.68. The van der Waals surface area contributed by atoms with Crippen molar-refractivity contribution < 1.29 is 14.3 Å². The van der Waals surface area contributed by atoms with Crippen molar-refractivity contribution in [2.24, 2.45) is 5.41 Å². The highest BCUT2D eigenvalue weighted by Crippen LogP contribution is 2.45. The van der Waals surface area contributed by atoms with Crippen molar-refractivity contribution in [1.29, 1.82) is 0 Å². The van der Waals surface area contributed by atoms with Crippen LogP contribution in [0.5, 0.6) is 0 Å². The quantitative estimate of drug-likeness (QED) is 0.613. The van der Waals surface area contributed by atoms with Gasteiger partial charge in [-0.2, -0.15) is 0 Å². The van der Waals surface area contributed by atoms with E-state index in [4.69, 9.17) is 4.74 Å². The summed E-state index contributed by atoms with van der Waals surface area (Å²) >= 11 is 0. The molecular formula is C29H43N3O3. The number of benzene rings is 1. The number of likely N-dealkylation sites (tertiary alicyclic amines) is 1. The van der Waals surface area contributed by atoms with E-state index in [2.05, 4.69) is 54.8 Å². The van der Waals surface area contributed by atoms with Crippen LogP contribution in [0.4, 0.5) is 4.79 Å². The number of amides is 2. The lowest BCUT2D eigenvalue weighted by Gasteiger charge is -2.51. The smallest absolute Gasteiger partial charge is 0.410 e. The molecule has 5 rings (SSSR count). The van der Waals surface area contributed by atoms with Gasteiger partial charge in [0.1, 0.15) is 0 Å². The zero-order valence-electron chi connectivity index (χ0n) is 22.1. The predicted molar refractivity (Wildman–Crippen MR) is 137 cm³/mol. The van der Waals surface area contributed by atoms with Crippen LogP contribution < -0.4 is 0 Å². The van der Waals surface area contributed by atoms with E-state index < -0.39 is 0 Å². The SMILES string of the molecule is CCOC(=O)N1C2CCC1CC(N1CCC3(CC1)CN(C(=O)CC(C)(C)C)Cc1ccccc13)C2. The van der Waals surface area contributed by atoms with Gasteiger partial charge in [-0.05, 0) is 75.1 Å². The Morgan fingerprint density at radius 1 is 1.03 bits per heavy atom. The second-order valence-corrected chi connectivity index (χ2v) is 12.6. The van der Waals surface area contributed by atoms with Crippen LogP contribution in [0.15, 0.2) is 24.3 Å². The zero-order valence-corrected chi connectivity index (χ0v) is 22.1. The summed E-state index contributed by atoms with van der Waals surface area (Å²) in [5, 5.41) is 0. The number of piperidine rings is 2. The van der Waals surface area contributed by atoms with E-state index >= 15 is 0 Å². The number of ether oxygens (including phenoxy) is 1. The number of hydrogen-bond acceptors (Lipinski definition) is 4. The molecule has 1 aromatic carbocycles. The maximum atomic E-state index is 13.2. The molecule has 0 aliphatic carbocycles. The van der Waals surface area contributed by atoms with Crippen LogP contribution >= 0.6 is 0 Å². The molecule has 0 saturated carbocycles. The van der Waals surface area contributed by atoms with E-state index in [1.54, 1.807) is 0 Å². The van der Waals surface area contributed by atoms with Crippen LogP contribution in [0.25, 0.3) is 0 Å². The zero-order chi connectivity index (χ0) is 24.8. The van der Waals surface area contributed by atoms with Crippen molar-refractivity contribution in [3.63, 3.8) is 0 Å². The lowest BCUT2D eigenvalue weighted by molar-refractivity contribution is -0.135.